The van der Waals surface area contributed by atoms with Crippen molar-refractivity contribution in [1.82, 2.24) is 0 Å². The fourth-order valence-electron chi connectivity index (χ4n) is 2.08. The number of hydrogen-bond donors (Lipinski definition) is 2. The number of anilines is 1. The summed E-state index contributed by atoms with van der Waals surface area (Å²) in [5.41, 5.74) is 8.09. The Bertz CT molecular complexity index is 717. The number of halogens is 1. The average molecular weight is 317 g/mol. The number of ether oxygens (including phenoxy) is 2. The minimum atomic E-state index is -0.228. The maximum absolute atomic E-state index is 13.2. The number of hydrogen-bond acceptors (Lipinski definition) is 3. The SMILES string of the molecule is COc1ccc(NC(N)=NCc2ccc(F)c(C)c2)cc1OC. The molecule has 0 aliphatic heterocycles. The van der Waals surface area contributed by atoms with E-state index in [0.29, 0.717) is 23.6 Å². The van der Waals surface area contributed by atoms with Crippen molar-refractivity contribution in [3.63, 3.8) is 0 Å². The molecule has 0 saturated heterocycles. The van der Waals surface area contributed by atoms with Gasteiger partial charge in [0.15, 0.2) is 17.5 Å². The molecule has 0 aromatic heterocycles. The number of benzene rings is 2. The number of nitrogens with two attached hydrogens (primary N) is 1. The lowest BCUT2D eigenvalue weighted by molar-refractivity contribution is 0.355. The monoisotopic (exact) mass is 317 g/mol. The lowest BCUT2D eigenvalue weighted by atomic mass is 10.1. The van der Waals surface area contributed by atoms with Crippen LogP contribution in [0.25, 0.3) is 0 Å². The van der Waals surface area contributed by atoms with Gasteiger partial charge in [-0.3, -0.25) is 0 Å². The maximum atomic E-state index is 13.2. The Labute approximate surface area is 134 Å². The van der Waals surface area contributed by atoms with E-state index in [-0.39, 0.29) is 11.8 Å². The standard InChI is InChI=1S/C17H20FN3O2/c1-11-8-12(4-6-14(11)18)10-20-17(19)21-13-5-7-15(22-2)16(9-13)23-3/h4-9H,10H2,1-3H3,(H3,19,20,21). The van der Waals surface area contributed by atoms with E-state index < -0.39 is 0 Å². The normalized spacial score (nSPS) is 11.2. The highest BCUT2D eigenvalue weighted by Gasteiger charge is 2.05. The first kappa shape index (κ1) is 16.6. The van der Waals surface area contributed by atoms with Gasteiger partial charge in [-0.15, -0.1) is 0 Å². The van der Waals surface area contributed by atoms with Crippen molar-refractivity contribution in [1.29, 1.82) is 0 Å². The Hall–Kier alpha value is -2.76. The first-order chi connectivity index (χ1) is 11.0. The van der Waals surface area contributed by atoms with Crippen LogP contribution < -0.4 is 20.5 Å². The summed E-state index contributed by atoms with van der Waals surface area (Å²) in [6.07, 6.45) is 0. The first-order valence-electron chi connectivity index (χ1n) is 7.07. The van der Waals surface area contributed by atoms with Crippen molar-refractivity contribution in [2.24, 2.45) is 10.7 Å². The third kappa shape index (κ3) is 4.35. The number of nitrogens with zero attached hydrogens (tertiary/aromatic N) is 1. The molecule has 0 heterocycles. The number of nitrogens with one attached hydrogen (secondary N) is 1. The minimum absolute atomic E-state index is 0.228. The van der Waals surface area contributed by atoms with Gasteiger partial charge >= 0.3 is 0 Å². The van der Waals surface area contributed by atoms with E-state index >= 15 is 0 Å². The molecule has 0 saturated carbocycles. The molecule has 0 atom stereocenters. The molecule has 2 rings (SSSR count). The van der Waals surface area contributed by atoms with Crippen LogP contribution in [0.5, 0.6) is 11.5 Å². The van der Waals surface area contributed by atoms with Crippen molar-refractivity contribution >= 4 is 11.6 Å². The lowest BCUT2D eigenvalue weighted by Gasteiger charge is -2.11. The molecule has 2 aromatic carbocycles. The predicted octanol–water partition coefficient (Wildman–Crippen LogP) is 3.08. The highest BCUT2D eigenvalue weighted by molar-refractivity contribution is 5.92. The fraction of sp³-hybridized carbons (Fsp3) is 0.235. The van der Waals surface area contributed by atoms with Crippen LogP contribution >= 0.6 is 0 Å². The molecular weight excluding hydrogens is 297 g/mol. The van der Waals surface area contributed by atoms with Crippen molar-refractivity contribution in [2.45, 2.75) is 13.5 Å². The summed E-state index contributed by atoms with van der Waals surface area (Å²) in [6, 6.07) is 10.2. The molecule has 23 heavy (non-hydrogen) atoms. The Morgan fingerprint density at radius 2 is 1.87 bits per heavy atom. The summed E-state index contributed by atoms with van der Waals surface area (Å²) in [5.74, 6) is 1.27. The molecule has 5 nitrogen and oxygen atoms in total. The van der Waals surface area contributed by atoms with Crippen LogP contribution in [0.15, 0.2) is 41.4 Å². The summed E-state index contributed by atoms with van der Waals surface area (Å²) < 4.78 is 23.6. The van der Waals surface area contributed by atoms with Crippen molar-refractivity contribution < 1.29 is 13.9 Å². The van der Waals surface area contributed by atoms with Gasteiger partial charge in [-0.25, -0.2) is 9.38 Å². The zero-order chi connectivity index (χ0) is 16.8. The summed E-state index contributed by atoms with van der Waals surface area (Å²) in [7, 11) is 3.14. The van der Waals surface area contributed by atoms with Crippen LogP contribution in [0.1, 0.15) is 11.1 Å². The van der Waals surface area contributed by atoms with Gasteiger partial charge in [0.05, 0.1) is 20.8 Å². The molecule has 0 bridgehead atoms. The number of rotatable bonds is 5. The Kier molecular flexibility index (Phi) is 5.41. The van der Waals surface area contributed by atoms with Crippen molar-refractivity contribution in [2.75, 3.05) is 19.5 Å². The van der Waals surface area contributed by atoms with Gasteiger partial charge in [-0.1, -0.05) is 12.1 Å². The van der Waals surface area contributed by atoms with Gasteiger partial charge in [0.25, 0.3) is 0 Å². The number of aryl methyl sites for hydroxylation is 1. The number of guanidine groups is 1. The van der Waals surface area contributed by atoms with Crippen LogP contribution in [-0.4, -0.2) is 20.2 Å². The van der Waals surface area contributed by atoms with Gasteiger partial charge < -0.3 is 20.5 Å². The van der Waals surface area contributed by atoms with Crippen LogP contribution in [0.2, 0.25) is 0 Å². The van der Waals surface area contributed by atoms with Crippen molar-refractivity contribution in [3.05, 3.63) is 53.3 Å². The number of aliphatic imine (C=N–C) groups is 1. The van der Waals surface area contributed by atoms with E-state index in [9.17, 15) is 4.39 Å². The Morgan fingerprint density at radius 3 is 2.52 bits per heavy atom. The van der Waals surface area contributed by atoms with E-state index in [2.05, 4.69) is 10.3 Å². The predicted molar refractivity (Wildman–Crippen MR) is 89.6 cm³/mol. The lowest BCUT2D eigenvalue weighted by Crippen LogP contribution is -2.22. The van der Waals surface area contributed by atoms with Gasteiger partial charge in [-0.05, 0) is 36.2 Å². The summed E-state index contributed by atoms with van der Waals surface area (Å²) >= 11 is 0. The van der Waals surface area contributed by atoms with E-state index in [1.807, 2.05) is 6.07 Å². The first-order valence-corrected chi connectivity index (χ1v) is 7.07. The van der Waals surface area contributed by atoms with E-state index in [0.717, 1.165) is 11.3 Å². The van der Waals surface area contributed by atoms with Crippen LogP contribution in [0.3, 0.4) is 0 Å². The zero-order valence-electron chi connectivity index (χ0n) is 13.4. The van der Waals surface area contributed by atoms with E-state index in [1.165, 1.54) is 6.07 Å². The smallest absolute Gasteiger partial charge is 0.193 e. The molecule has 3 N–H and O–H groups in total. The summed E-state index contributed by atoms with van der Waals surface area (Å²) in [6.45, 7) is 2.08. The second kappa shape index (κ2) is 7.49. The summed E-state index contributed by atoms with van der Waals surface area (Å²) in [4.78, 5) is 4.25. The topological polar surface area (TPSA) is 68.9 Å². The molecule has 0 unspecified atom stereocenters. The molecule has 0 fully saturated rings. The second-order valence-electron chi connectivity index (χ2n) is 4.98. The molecule has 122 valence electrons. The molecule has 0 aliphatic carbocycles. The molecule has 0 amide bonds. The van der Waals surface area contributed by atoms with E-state index in [4.69, 9.17) is 15.2 Å². The molecule has 0 spiro atoms. The largest absolute Gasteiger partial charge is 0.493 e. The fourth-order valence-corrected chi connectivity index (χ4v) is 2.08. The van der Waals surface area contributed by atoms with Gasteiger partial charge in [-0.2, -0.15) is 0 Å². The van der Waals surface area contributed by atoms with Crippen LogP contribution in [-0.2, 0) is 6.54 Å². The average Bonchev–Trinajstić information content (AvgIpc) is 2.55. The highest BCUT2D eigenvalue weighted by Crippen LogP contribution is 2.29. The van der Waals surface area contributed by atoms with Crippen molar-refractivity contribution in [3.8, 4) is 11.5 Å². The molecular formula is C17H20FN3O2. The molecule has 0 aliphatic rings. The minimum Gasteiger partial charge on any atom is -0.493 e. The van der Waals surface area contributed by atoms with E-state index in [1.54, 1.807) is 45.4 Å². The second-order valence-corrected chi connectivity index (χ2v) is 4.98. The third-order valence-electron chi connectivity index (χ3n) is 3.31. The zero-order valence-corrected chi connectivity index (χ0v) is 13.4. The third-order valence-corrected chi connectivity index (χ3v) is 3.31. The van der Waals surface area contributed by atoms with Crippen LogP contribution in [0, 0.1) is 12.7 Å². The molecule has 2 aromatic rings. The summed E-state index contributed by atoms with van der Waals surface area (Å²) in [5, 5.41) is 2.98. The molecule has 6 heteroatoms. The highest BCUT2D eigenvalue weighted by atomic mass is 19.1. The molecule has 0 radical (unpaired) electrons. The number of methoxy groups -OCH3 is 2. The van der Waals surface area contributed by atoms with Gasteiger partial charge in [0.2, 0.25) is 0 Å². The Morgan fingerprint density at radius 1 is 1.13 bits per heavy atom. The van der Waals surface area contributed by atoms with Gasteiger partial charge in [0, 0.05) is 11.8 Å². The Balaban J connectivity index is 2.05. The van der Waals surface area contributed by atoms with Crippen LogP contribution in [0.4, 0.5) is 10.1 Å². The maximum Gasteiger partial charge on any atom is 0.193 e. The quantitative estimate of drug-likeness (QED) is 0.657. The van der Waals surface area contributed by atoms with Gasteiger partial charge in [0.1, 0.15) is 5.82 Å².